The first-order chi connectivity index (χ1) is 11.3. The Labute approximate surface area is 146 Å². The first kappa shape index (κ1) is 18.4. The minimum Gasteiger partial charge on any atom is -0.508 e. The molecule has 1 aliphatic rings. The van der Waals surface area contributed by atoms with Crippen LogP contribution in [-0.4, -0.2) is 10.7 Å². The van der Waals surface area contributed by atoms with Crippen molar-refractivity contribution in [1.29, 1.82) is 0 Å². The third-order valence-corrected chi connectivity index (χ3v) is 4.50. The van der Waals surface area contributed by atoms with Crippen LogP contribution in [0.4, 0.5) is 0 Å². The van der Waals surface area contributed by atoms with E-state index >= 15 is 0 Å². The molecular weight excluding hydrogens is 296 g/mol. The molecule has 1 aromatic rings. The second-order valence-electron chi connectivity index (χ2n) is 7.33. The molecule has 0 aromatic heterocycles. The highest BCUT2D eigenvalue weighted by Gasteiger charge is 2.27. The molecule has 0 fully saturated rings. The molecule has 0 spiro atoms. The summed E-state index contributed by atoms with van der Waals surface area (Å²) >= 11 is 0. The van der Waals surface area contributed by atoms with E-state index in [1.165, 1.54) is 11.1 Å². The Morgan fingerprint density at radius 2 is 1.92 bits per heavy atom. The monoisotopic (exact) mass is 326 g/mol. The van der Waals surface area contributed by atoms with Crippen molar-refractivity contribution in [2.45, 2.75) is 65.9 Å². The fourth-order valence-corrected chi connectivity index (χ4v) is 3.02. The van der Waals surface area contributed by atoms with E-state index in [9.17, 15) is 5.11 Å². The molecule has 0 unspecified atom stereocenters. The predicted molar refractivity (Wildman–Crippen MR) is 103 cm³/mol. The van der Waals surface area contributed by atoms with Gasteiger partial charge in [-0.05, 0) is 78.0 Å². The number of rotatable bonds is 6. The van der Waals surface area contributed by atoms with Crippen molar-refractivity contribution in [2.75, 3.05) is 0 Å². The van der Waals surface area contributed by atoms with Crippen molar-refractivity contribution in [3.05, 3.63) is 52.6 Å². The van der Waals surface area contributed by atoms with Crippen LogP contribution < -0.4 is 4.74 Å². The summed E-state index contributed by atoms with van der Waals surface area (Å²) in [6.07, 6.45) is 13.0. The van der Waals surface area contributed by atoms with Crippen LogP contribution in [0, 0.1) is 6.92 Å². The average molecular weight is 326 g/mol. The number of phenolic OH excluding ortho intramolecular Hbond substituents is 1. The zero-order valence-corrected chi connectivity index (χ0v) is 15.6. The van der Waals surface area contributed by atoms with Crippen molar-refractivity contribution in [2.24, 2.45) is 0 Å². The average Bonchev–Trinajstić information content (AvgIpc) is 2.45. The third kappa shape index (κ3) is 5.02. The molecule has 0 amide bonds. The summed E-state index contributed by atoms with van der Waals surface area (Å²) in [5.74, 6) is 1.04. The lowest BCUT2D eigenvalue weighted by molar-refractivity contribution is 0.128. The summed E-state index contributed by atoms with van der Waals surface area (Å²) in [4.78, 5) is 0. The smallest absolute Gasteiger partial charge is 0.131 e. The van der Waals surface area contributed by atoms with Crippen molar-refractivity contribution < 1.29 is 9.84 Å². The maximum Gasteiger partial charge on any atom is 0.131 e. The summed E-state index contributed by atoms with van der Waals surface area (Å²) in [5, 5.41) is 9.79. The SMILES string of the molecule is CC(C)=CCC/C(C)=C/CC[C@]1(C)C=Cc2c(C)cc(O)cc2O1. The van der Waals surface area contributed by atoms with Gasteiger partial charge >= 0.3 is 0 Å². The minimum absolute atomic E-state index is 0.263. The van der Waals surface area contributed by atoms with Gasteiger partial charge in [0.25, 0.3) is 0 Å². The molecular formula is C22H30O2. The third-order valence-electron chi connectivity index (χ3n) is 4.50. The Balaban J connectivity index is 1.95. The van der Waals surface area contributed by atoms with Gasteiger partial charge in [-0.25, -0.2) is 0 Å². The van der Waals surface area contributed by atoms with E-state index in [4.69, 9.17) is 4.74 Å². The molecule has 2 heteroatoms. The first-order valence-electron chi connectivity index (χ1n) is 8.80. The molecule has 1 aliphatic heterocycles. The number of phenols is 1. The number of hydrogen-bond acceptors (Lipinski definition) is 2. The molecule has 0 bridgehead atoms. The Hall–Kier alpha value is -1.96. The highest BCUT2D eigenvalue weighted by Crippen LogP contribution is 2.37. The predicted octanol–water partition coefficient (Wildman–Crippen LogP) is 6.34. The Bertz CT molecular complexity index is 675. The van der Waals surface area contributed by atoms with Gasteiger partial charge in [-0.1, -0.05) is 29.4 Å². The minimum atomic E-state index is -0.316. The highest BCUT2D eigenvalue weighted by molar-refractivity contribution is 5.65. The molecule has 0 radical (unpaired) electrons. The van der Waals surface area contributed by atoms with Crippen LogP contribution in [0.2, 0.25) is 0 Å². The first-order valence-corrected chi connectivity index (χ1v) is 8.80. The number of aryl methyl sites for hydroxylation is 1. The highest BCUT2D eigenvalue weighted by atomic mass is 16.5. The number of aromatic hydroxyl groups is 1. The van der Waals surface area contributed by atoms with Crippen LogP contribution in [-0.2, 0) is 0 Å². The fraction of sp³-hybridized carbons (Fsp3) is 0.455. The molecule has 2 nitrogen and oxygen atoms in total. The van der Waals surface area contributed by atoms with Crippen molar-refractivity contribution >= 4 is 6.08 Å². The van der Waals surface area contributed by atoms with Crippen LogP contribution in [0.1, 0.15) is 64.5 Å². The molecule has 2 rings (SSSR count). The van der Waals surface area contributed by atoms with Gasteiger partial charge in [0.2, 0.25) is 0 Å². The van der Waals surface area contributed by atoms with E-state index in [0.717, 1.165) is 42.6 Å². The summed E-state index contributed by atoms with van der Waals surface area (Å²) in [6.45, 7) is 10.6. The molecule has 1 atom stereocenters. The molecule has 0 saturated heterocycles. The van der Waals surface area contributed by atoms with Crippen molar-refractivity contribution in [3.63, 3.8) is 0 Å². The Morgan fingerprint density at radius 1 is 1.17 bits per heavy atom. The second-order valence-corrected chi connectivity index (χ2v) is 7.33. The standard InChI is InChI=1S/C22H30O2/c1-16(2)8-6-9-17(3)10-7-12-22(5)13-11-20-18(4)14-19(23)15-21(20)24-22/h8,10-11,13-15,23H,6-7,9,12H2,1-5H3/b17-10+/t22-/m1/s1. The Kier molecular flexibility index (Phi) is 5.93. The largest absolute Gasteiger partial charge is 0.508 e. The Morgan fingerprint density at radius 3 is 2.62 bits per heavy atom. The van der Waals surface area contributed by atoms with Gasteiger partial charge in [0.1, 0.15) is 17.1 Å². The van der Waals surface area contributed by atoms with Gasteiger partial charge in [0.05, 0.1) is 0 Å². The molecule has 0 saturated carbocycles. The maximum absolute atomic E-state index is 9.79. The number of allylic oxidation sites excluding steroid dienone is 4. The van der Waals surface area contributed by atoms with Crippen LogP contribution in [0.15, 0.2) is 41.5 Å². The fourth-order valence-electron chi connectivity index (χ4n) is 3.02. The number of ether oxygens (including phenoxy) is 1. The lowest BCUT2D eigenvalue weighted by Gasteiger charge is -2.32. The van der Waals surface area contributed by atoms with E-state index in [2.05, 4.69) is 52.0 Å². The number of fused-ring (bicyclic) bond motifs is 1. The van der Waals surface area contributed by atoms with Gasteiger partial charge < -0.3 is 9.84 Å². The summed E-state index contributed by atoms with van der Waals surface area (Å²) in [5.41, 5.74) is 4.61. The van der Waals surface area contributed by atoms with E-state index in [0.29, 0.717) is 0 Å². The van der Waals surface area contributed by atoms with Crippen LogP contribution in [0.5, 0.6) is 11.5 Å². The molecule has 24 heavy (non-hydrogen) atoms. The van der Waals surface area contributed by atoms with Crippen molar-refractivity contribution in [1.82, 2.24) is 0 Å². The molecule has 1 heterocycles. The second kappa shape index (κ2) is 7.74. The van der Waals surface area contributed by atoms with Gasteiger partial charge in [0.15, 0.2) is 0 Å². The lowest BCUT2D eigenvalue weighted by atomic mass is 9.93. The van der Waals surface area contributed by atoms with Gasteiger partial charge in [-0.3, -0.25) is 0 Å². The zero-order valence-electron chi connectivity index (χ0n) is 15.6. The summed E-state index contributed by atoms with van der Waals surface area (Å²) in [7, 11) is 0. The maximum atomic E-state index is 9.79. The summed E-state index contributed by atoms with van der Waals surface area (Å²) < 4.78 is 6.19. The van der Waals surface area contributed by atoms with Gasteiger partial charge in [0, 0.05) is 11.6 Å². The lowest BCUT2D eigenvalue weighted by Crippen LogP contribution is -2.31. The number of hydrogen-bond donors (Lipinski definition) is 1. The van der Waals surface area contributed by atoms with Crippen molar-refractivity contribution in [3.8, 4) is 11.5 Å². The molecule has 0 aliphatic carbocycles. The van der Waals surface area contributed by atoms with Gasteiger partial charge in [-0.2, -0.15) is 0 Å². The van der Waals surface area contributed by atoms with Crippen LogP contribution in [0.3, 0.4) is 0 Å². The van der Waals surface area contributed by atoms with E-state index in [-0.39, 0.29) is 11.4 Å². The van der Waals surface area contributed by atoms with Crippen LogP contribution >= 0.6 is 0 Å². The quantitative estimate of drug-likeness (QED) is 0.618. The number of benzene rings is 1. The van der Waals surface area contributed by atoms with Gasteiger partial charge in [-0.15, -0.1) is 0 Å². The van der Waals surface area contributed by atoms with Crippen LogP contribution in [0.25, 0.3) is 6.08 Å². The molecule has 1 N–H and O–H groups in total. The molecule has 130 valence electrons. The molecule has 1 aromatic carbocycles. The van der Waals surface area contributed by atoms with E-state index in [1.807, 2.05) is 6.92 Å². The zero-order chi connectivity index (χ0) is 17.7. The van der Waals surface area contributed by atoms with E-state index in [1.54, 1.807) is 12.1 Å². The normalized spacial score (nSPS) is 19.6. The van der Waals surface area contributed by atoms with E-state index < -0.39 is 0 Å². The summed E-state index contributed by atoms with van der Waals surface area (Å²) in [6, 6.07) is 3.48. The topological polar surface area (TPSA) is 29.5 Å².